The summed E-state index contributed by atoms with van der Waals surface area (Å²) in [4.78, 5) is 42.0. The number of amides is 3. The van der Waals surface area contributed by atoms with Crippen LogP contribution in [-0.4, -0.2) is 67.4 Å². The van der Waals surface area contributed by atoms with Gasteiger partial charge in [0.2, 0.25) is 11.8 Å². The van der Waals surface area contributed by atoms with E-state index >= 15 is 0 Å². The molecule has 3 amide bonds. The van der Waals surface area contributed by atoms with Gasteiger partial charge >= 0.3 is 0 Å². The molecule has 7 nitrogen and oxygen atoms in total. The zero-order chi connectivity index (χ0) is 19.8. The molecule has 0 atom stereocenters. The summed E-state index contributed by atoms with van der Waals surface area (Å²) >= 11 is 0. The van der Waals surface area contributed by atoms with Crippen LogP contribution >= 0.6 is 0 Å². The predicted molar refractivity (Wildman–Crippen MR) is 102 cm³/mol. The molecule has 0 aromatic heterocycles. The lowest BCUT2D eigenvalue weighted by Crippen LogP contribution is -2.53. The first-order chi connectivity index (χ1) is 12.7. The molecule has 3 rings (SSSR count). The number of carbonyl (C=O) groups is 3. The number of benzene rings is 1. The summed E-state index contributed by atoms with van der Waals surface area (Å²) in [5.74, 6) is 0.703. The molecule has 1 fully saturated rings. The van der Waals surface area contributed by atoms with E-state index < -0.39 is 5.41 Å². The number of piperazine rings is 1. The van der Waals surface area contributed by atoms with Crippen molar-refractivity contribution in [3.8, 4) is 5.75 Å². The third-order valence-electron chi connectivity index (χ3n) is 5.03. The second-order valence-corrected chi connectivity index (χ2v) is 8.14. The zero-order valence-corrected chi connectivity index (χ0v) is 16.4. The molecule has 0 N–H and O–H groups in total. The van der Waals surface area contributed by atoms with Gasteiger partial charge in [0, 0.05) is 38.6 Å². The second-order valence-electron chi connectivity index (χ2n) is 8.14. The largest absolute Gasteiger partial charge is 0.482 e. The minimum Gasteiger partial charge on any atom is -0.482 e. The molecule has 1 saturated heterocycles. The Morgan fingerprint density at radius 1 is 1.07 bits per heavy atom. The fourth-order valence-electron chi connectivity index (χ4n) is 3.35. The van der Waals surface area contributed by atoms with Crippen LogP contribution in [0.15, 0.2) is 18.2 Å². The van der Waals surface area contributed by atoms with Gasteiger partial charge in [0.1, 0.15) is 5.75 Å². The first-order valence-electron chi connectivity index (χ1n) is 9.26. The zero-order valence-electron chi connectivity index (χ0n) is 16.4. The number of rotatable bonds is 2. The Morgan fingerprint density at radius 3 is 2.33 bits per heavy atom. The second kappa shape index (κ2) is 7.21. The number of hydrogen-bond acceptors (Lipinski definition) is 4. The Kier molecular flexibility index (Phi) is 5.13. The number of nitrogens with zero attached hydrogens (tertiary/aromatic N) is 3. The van der Waals surface area contributed by atoms with Crippen molar-refractivity contribution in [2.75, 3.05) is 44.7 Å². The van der Waals surface area contributed by atoms with Gasteiger partial charge in [-0.2, -0.15) is 0 Å². The smallest absolute Gasteiger partial charge is 0.264 e. The summed E-state index contributed by atoms with van der Waals surface area (Å²) in [6.07, 6.45) is 0.266. The van der Waals surface area contributed by atoms with E-state index in [-0.39, 0.29) is 30.7 Å². The van der Waals surface area contributed by atoms with Crippen molar-refractivity contribution in [2.24, 2.45) is 5.41 Å². The molecule has 27 heavy (non-hydrogen) atoms. The van der Waals surface area contributed by atoms with Gasteiger partial charge in [-0.3, -0.25) is 14.4 Å². The molecule has 0 aliphatic carbocycles. The van der Waals surface area contributed by atoms with Crippen molar-refractivity contribution in [1.29, 1.82) is 0 Å². The molecular weight excluding hydrogens is 346 g/mol. The van der Waals surface area contributed by atoms with E-state index in [1.807, 2.05) is 37.8 Å². The molecule has 1 aromatic carbocycles. The van der Waals surface area contributed by atoms with Crippen molar-refractivity contribution in [3.63, 3.8) is 0 Å². The average molecular weight is 373 g/mol. The number of fused-ring (bicyclic) bond motifs is 1. The molecule has 146 valence electrons. The molecule has 2 heterocycles. The van der Waals surface area contributed by atoms with E-state index in [1.54, 1.807) is 22.9 Å². The number of anilines is 1. The Morgan fingerprint density at radius 2 is 1.70 bits per heavy atom. The van der Waals surface area contributed by atoms with Crippen molar-refractivity contribution in [3.05, 3.63) is 23.8 Å². The molecule has 0 spiro atoms. The van der Waals surface area contributed by atoms with Crippen molar-refractivity contribution in [1.82, 2.24) is 9.80 Å². The van der Waals surface area contributed by atoms with E-state index in [4.69, 9.17) is 4.74 Å². The van der Waals surface area contributed by atoms with Crippen molar-refractivity contribution in [2.45, 2.75) is 27.2 Å². The summed E-state index contributed by atoms with van der Waals surface area (Å²) in [6, 6.07) is 5.50. The van der Waals surface area contributed by atoms with Gasteiger partial charge in [-0.15, -0.1) is 0 Å². The SMILES string of the molecule is CN1C(=O)COc2ccc(CC(=O)N3CCN(C(=O)C(C)(C)C)CC3)cc21. The third-order valence-corrected chi connectivity index (χ3v) is 5.03. The van der Waals surface area contributed by atoms with E-state index in [2.05, 4.69) is 0 Å². The maximum atomic E-state index is 12.7. The molecule has 0 radical (unpaired) electrons. The first kappa shape index (κ1) is 19.2. The summed E-state index contributed by atoms with van der Waals surface area (Å²) in [7, 11) is 1.71. The molecular formula is C20H27N3O4. The summed E-state index contributed by atoms with van der Waals surface area (Å²) in [5, 5.41) is 0. The highest BCUT2D eigenvalue weighted by atomic mass is 16.5. The summed E-state index contributed by atoms with van der Waals surface area (Å²) < 4.78 is 5.42. The molecule has 0 bridgehead atoms. The van der Waals surface area contributed by atoms with Gasteiger partial charge in [-0.1, -0.05) is 26.8 Å². The van der Waals surface area contributed by atoms with Gasteiger partial charge in [-0.05, 0) is 17.7 Å². The van der Waals surface area contributed by atoms with E-state index in [0.29, 0.717) is 37.6 Å². The Hall–Kier alpha value is -2.57. The monoisotopic (exact) mass is 373 g/mol. The van der Waals surface area contributed by atoms with Crippen LogP contribution in [0.2, 0.25) is 0 Å². The fraction of sp³-hybridized carbons (Fsp3) is 0.550. The van der Waals surface area contributed by atoms with Crippen LogP contribution in [0.1, 0.15) is 26.3 Å². The summed E-state index contributed by atoms with van der Waals surface area (Å²) in [5.41, 5.74) is 1.13. The maximum absolute atomic E-state index is 12.7. The maximum Gasteiger partial charge on any atom is 0.264 e. The highest BCUT2D eigenvalue weighted by Crippen LogP contribution is 2.32. The number of carbonyl (C=O) groups excluding carboxylic acids is 3. The van der Waals surface area contributed by atoms with Gasteiger partial charge < -0.3 is 19.4 Å². The molecule has 2 aliphatic heterocycles. The van der Waals surface area contributed by atoms with Crippen LogP contribution in [-0.2, 0) is 20.8 Å². The van der Waals surface area contributed by atoms with E-state index in [0.717, 1.165) is 5.56 Å². The number of likely N-dealkylation sites (N-methyl/N-ethyl adjacent to an activating group) is 1. The minimum absolute atomic E-state index is 0.0310. The van der Waals surface area contributed by atoms with Gasteiger partial charge in [-0.25, -0.2) is 0 Å². The van der Waals surface area contributed by atoms with Crippen LogP contribution in [0.5, 0.6) is 5.75 Å². The lowest BCUT2D eigenvalue weighted by molar-refractivity contribution is -0.144. The first-order valence-corrected chi connectivity index (χ1v) is 9.26. The molecule has 2 aliphatic rings. The molecule has 0 unspecified atom stereocenters. The Bertz CT molecular complexity index is 761. The van der Waals surface area contributed by atoms with Gasteiger partial charge in [0.05, 0.1) is 12.1 Å². The predicted octanol–water partition coefficient (Wildman–Crippen LogP) is 1.30. The standard InChI is InChI=1S/C20H27N3O4/c1-20(2,3)19(26)23-9-7-22(8-10-23)17(24)12-14-5-6-16-15(11-14)21(4)18(25)13-27-16/h5-6,11H,7-10,12-13H2,1-4H3. The number of hydrogen-bond donors (Lipinski definition) is 0. The minimum atomic E-state index is -0.402. The average Bonchev–Trinajstić information content (AvgIpc) is 2.64. The van der Waals surface area contributed by atoms with Crippen LogP contribution in [0, 0.1) is 5.41 Å². The normalized spacial score (nSPS) is 17.5. The lowest BCUT2D eigenvalue weighted by atomic mass is 9.94. The highest BCUT2D eigenvalue weighted by molar-refractivity contribution is 5.97. The third kappa shape index (κ3) is 4.07. The van der Waals surface area contributed by atoms with Gasteiger partial charge in [0.25, 0.3) is 5.91 Å². The fourth-order valence-corrected chi connectivity index (χ4v) is 3.35. The van der Waals surface area contributed by atoms with Crippen molar-refractivity contribution < 1.29 is 19.1 Å². The Labute approximate surface area is 159 Å². The Balaban J connectivity index is 1.61. The van der Waals surface area contributed by atoms with E-state index in [1.165, 1.54) is 0 Å². The molecule has 1 aromatic rings. The van der Waals surface area contributed by atoms with Crippen LogP contribution in [0.25, 0.3) is 0 Å². The summed E-state index contributed by atoms with van der Waals surface area (Å²) in [6.45, 7) is 8.00. The highest BCUT2D eigenvalue weighted by Gasteiger charge is 2.31. The quantitative estimate of drug-likeness (QED) is 0.784. The topological polar surface area (TPSA) is 70.2 Å². The molecule has 0 saturated carbocycles. The van der Waals surface area contributed by atoms with Crippen LogP contribution in [0.3, 0.4) is 0 Å². The van der Waals surface area contributed by atoms with Crippen LogP contribution < -0.4 is 9.64 Å². The van der Waals surface area contributed by atoms with Gasteiger partial charge in [0.15, 0.2) is 6.61 Å². The molecule has 7 heteroatoms. The van der Waals surface area contributed by atoms with Crippen molar-refractivity contribution >= 4 is 23.4 Å². The van der Waals surface area contributed by atoms with Crippen LogP contribution in [0.4, 0.5) is 5.69 Å². The lowest BCUT2D eigenvalue weighted by Gasteiger charge is -2.37. The number of ether oxygens (including phenoxy) is 1. The van der Waals surface area contributed by atoms with E-state index in [9.17, 15) is 14.4 Å².